The van der Waals surface area contributed by atoms with Gasteiger partial charge < -0.3 is 14.8 Å². The lowest BCUT2D eigenvalue weighted by atomic mass is 9.92. The number of carbonyl (C=O) groups excluding carboxylic acids is 4. The van der Waals surface area contributed by atoms with Crippen LogP contribution in [0.1, 0.15) is 31.2 Å². The fourth-order valence-corrected chi connectivity index (χ4v) is 3.55. The van der Waals surface area contributed by atoms with E-state index >= 15 is 0 Å². The largest absolute Gasteiger partial charge is 0.497 e. The number of ether oxygens (including phenoxy) is 2. The van der Waals surface area contributed by atoms with Crippen molar-refractivity contribution in [1.82, 2.24) is 10.2 Å². The Morgan fingerprint density at radius 2 is 1.85 bits per heavy atom. The van der Waals surface area contributed by atoms with Gasteiger partial charge in [-0.3, -0.25) is 14.5 Å². The average molecular weight is 453 g/mol. The maximum absolute atomic E-state index is 12.7. The van der Waals surface area contributed by atoms with Gasteiger partial charge in [-0.05, 0) is 36.6 Å². The number of methoxy groups -OCH3 is 2. The number of nitrogens with zero attached hydrogens (tertiary/aromatic N) is 2. The lowest BCUT2D eigenvalue weighted by Gasteiger charge is -2.28. The Kier molecular flexibility index (Phi) is 8.12. The van der Waals surface area contributed by atoms with Crippen molar-refractivity contribution in [3.05, 3.63) is 53.6 Å². The normalized spacial score (nSPS) is 17.2. The van der Waals surface area contributed by atoms with Crippen molar-refractivity contribution >= 4 is 29.5 Å². The van der Waals surface area contributed by atoms with Gasteiger partial charge in [-0.2, -0.15) is 4.99 Å². The quantitative estimate of drug-likeness (QED) is 0.430. The molecule has 0 saturated heterocycles. The first-order valence-corrected chi connectivity index (χ1v) is 10.7. The minimum atomic E-state index is -0.681. The standard InChI is InChI=1S/C24H27N3O6/c1-32-18-10-7-16(8-11-18)15-25-21(28)6-4-3-5-13-27-22(29)19-12-9-17(23(30)33-2)14-20(19)26-24(27)31/h7-12,14,19H,3-6,13,15H2,1-2H3,(H,25,28). The van der Waals surface area contributed by atoms with Crippen molar-refractivity contribution in [3.8, 4) is 5.75 Å². The lowest BCUT2D eigenvalue weighted by Crippen LogP contribution is -2.46. The predicted molar refractivity (Wildman–Crippen MR) is 121 cm³/mol. The van der Waals surface area contributed by atoms with E-state index in [2.05, 4.69) is 15.0 Å². The Labute approximate surface area is 192 Å². The number of fused-ring (bicyclic) bond motifs is 1. The summed E-state index contributed by atoms with van der Waals surface area (Å²) < 4.78 is 9.77. The summed E-state index contributed by atoms with van der Waals surface area (Å²) in [5.41, 5.74) is 1.47. The zero-order valence-electron chi connectivity index (χ0n) is 18.7. The van der Waals surface area contributed by atoms with E-state index in [0.29, 0.717) is 32.2 Å². The minimum absolute atomic E-state index is 0.0503. The van der Waals surface area contributed by atoms with Gasteiger partial charge in [0.1, 0.15) is 5.75 Å². The lowest BCUT2D eigenvalue weighted by molar-refractivity contribution is -0.136. The van der Waals surface area contributed by atoms with Gasteiger partial charge >= 0.3 is 12.0 Å². The highest BCUT2D eigenvalue weighted by Gasteiger charge is 2.36. The molecular weight excluding hydrogens is 426 g/mol. The maximum Gasteiger partial charge on any atom is 0.350 e. The van der Waals surface area contributed by atoms with E-state index in [-0.39, 0.29) is 29.6 Å². The van der Waals surface area contributed by atoms with Gasteiger partial charge in [-0.15, -0.1) is 0 Å². The van der Waals surface area contributed by atoms with Crippen molar-refractivity contribution in [3.63, 3.8) is 0 Å². The van der Waals surface area contributed by atoms with Crippen LogP contribution < -0.4 is 10.1 Å². The third-order valence-electron chi connectivity index (χ3n) is 5.43. The van der Waals surface area contributed by atoms with Gasteiger partial charge in [-0.25, -0.2) is 9.59 Å². The van der Waals surface area contributed by atoms with Crippen LogP contribution in [0.4, 0.5) is 4.79 Å². The smallest absolute Gasteiger partial charge is 0.350 e. The molecule has 0 saturated carbocycles. The molecule has 0 fully saturated rings. The summed E-state index contributed by atoms with van der Waals surface area (Å²) in [5, 5.41) is 2.88. The van der Waals surface area contributed by atoms with Crippen LogP contribution in [-0.2, 0) is 25.7 Å². The summed E-state index contributed by atoms with van der Waals surface area (Å²) in [4.78, 5) is 53.8. The summed E-state index contributed by atoms with van der Waals surface area (Å²) in [6, 6.07) is 6.84. The molecule has 4 amide bonds. The second-order valence-corrected chi connectivity index (χ2v) is 7.67. The molecule has 9 heteroatoms. The number of urea groups is 1. The molecule has 1 aliphatic heterocycles. The minimum Gasteiger partial charge on any atom is -0.497 e. The number of hydrogen-bond acceptors (Lipinski definition) is 6. The first kappa shape index (κ1) is 23.9. The first-order chi connectivity index (χ1) is 15.9. The van der Waals surface area contributed by atoms with E-state index in [4.69, 9.17) is 4.74 Å². The van der Waals surface area contributed by atoms with Crippen molar-refractivity contribution < 1.29 is 28.7 Å². The SMILES string of the molecule is COC(=O)C1=CC2=NC(=O)N(CCCCCC(=O)NCc3ccc(OC)cc3)C(=O)C2C=C1. The average Bonchev–Trinajstić information content (AvgIpc) is 2.83. The molecule has 2 aliphatic rings. The zero-order chi connectivity index (χ0) is 23.8. The summed E-state index contributed by atoms with van der Waals surface area (Å²) in [6.07, 6.45) is 6.75. The van der Waals surface area contributed by atoms with Gasteiger partial charge in [0.2, 0.25) is 11.8 Å². The molecule has 33 heavy (non-hydrogen) atoms. The molecule has 1 atom stereocenters. The van der Waals surface area contributed by atoms with Crippen LogP contribution in [0.3, 0.4) is 0 Å². The van der Waals surface area contributed by atoms with Crippen molar-refractivity contribution in [1.29, 1.82) is 0 Å². The van der Waals surface area contributed by atoms with Crippen LogP contribution in [-0.4, -0.2) is 55.2 Å². The van der Waals surface area contributed by atoms with E-state index in [1.807, 2.05) is 24.3 Å². The van der Waals surface area contributed by atoms with Crippen LogP contribution in [0, 0.1) is 5.92 Å². The molecule has 9 nitrogen and oxygen atoms in total. The number of amides is 4. The molecule has 0 bridgehead atoms. The van der Waals surface area contributed by atoms with Crippen LogP contribution in [0.5, 0.6) is 5.75 Å². The van der Waals surface area contributed by atoms with Crippen molar-refractivity contribution in [2.75, 3.05) is 20.8 Å². The molecule has 1 heterocycles. The fraction of sp³-hybridized carbons (Fsp3) is 0.375. The summed E-state index contributed by atoms with van der Waals surface area (Å²) >= 11 is 0. The third kappa shape index (κ3) is 6.15. The van der Waals surface area contributed by atoms with Gasteiger partial charge in [-0.1, -0.05) is 30.7 Å². The monoisotopic (exact) mass is 453 g/mol. The number of hydrogen-bond donors (Lipinski definition) is 1. The molecule has 1 aliphatic carbocycles. The van der Waals surface area contributed by atoms with Crippen LogP contribution in [0.15, 0.2) is 53.1 Å². The second-order valence-electron chi connectivity index (χ2n) is 7.67. The van der Waals surface area contributed by atoms with Crippen molar-refractivity contribution in [2.45, 2.75) is 32.2 Å². The van der Waals surface area contributed by atoms with E-state index in [1.165, 1.54) is 19.3 Å². The maximum atomic E-state index is 12.7. The topological polar surface area (TPSA) is 114 Å². The van der Waals surface area contributed by atoms with Gasteiger partial charge in [0.05, 0.1) is 31.4 Å². The van der Waals surface area contributed by atoms with E-state index < -0.39 is 17.9 Å². The molecule has 1 aromatic carbocycles. The van der Waals surface area contributed by atoms with Crippen LogP contribution in [0.2, 0.25) is 0 Å². The Morgan fingerprint density at radius 1 is 1.09 bits per heavy atom. The number of benzene rings is 1. The number of rotatable bonds is 10. The Hall–Kier alpha value is -3.75. The second kappa shape index (κ2) is 11.2. The molecule has 0 spiro atoms. The molecule has 1 N–H and O–H groups in total. The highest BCUT2D eigenvalue weighted by molar-refractivity contribution is 6.23. The fourth-order valence-electron chi connectivity index (χ4n) is 3.55. The first-order valence-electron chi connectivity index (χ1n) is 10.7. The Bertz CT molecular complexity index is 1010. The van der Waals surface area contributed by atoms with Crippen LogP contribution in [0.25, 0.3) is 0 Å². The summed E-state index contributed by atoms with van der Waals surface area (Å²) in [7, 11) is 2.86. The number of aliphatic imine (C=N–C) groups is 1. The van der Waals surface area contributed by atoms with E-state index in [1.54, 1.807) is 13.2 Å². The van der Waals surface area contributed by atoms with E-state index in [0.717, 1.165) is 16.2 Å². The zero-order valence-corrected chi connectivity index (χ0v) is 18.7. The van der Waals surface area contributed by atoms with Gasteiger partial charge in [0, 0.05) is 19.5 Å². The Balaban J connectivity index is 1.39. The number of nitrogens with one attached hydrogen (secondary N) is 1. The summed E-state index contributed by atoms with van der Waals surface area (Å²) in [5.74, 6) is -0.883. The van der Waals surface area contributed by atoms with E-state index in [9.17, 15) is 19.2 Å². The molecule has 174 valence electrons. The summed E-state index contributed by atoms with van der Waals surface area (Å²) in [6.45, 7) is 0.681. The highest BCUT2D eigenvalue weighted by atomic mass is 16.5. The number of esters is 1. The molecule has 1 aromatic rings. The molecule has 1 unspecified atom stereocenters. The number of carbonyl (C=O) groups is 4. The number of imide groups is 1. The number of unbranched alkanes of at least 4 members (excludes halogenated alkanes) is 2. The Morgan fingerprint density at radius 3 is 2.55 bits per heavy atom. The highest BCUT2D eigenvalue weighted by Crippen LogP contribution is 2.23. The molecule has 3 rings (SSSR count). The third-order valence-corrected chi connectivity index (χ3v) is 5.43. The van der Waals surface area contributed by atoms with Gasteiger partial charge in [0.15, 0.2) is 0 Å². The van der Waals surface area contributed by atoms with Gasteiger partial charge in [0.25, 0.3) is 0 Å². The number of allylic oxidation sites excluding steroid dienone is 1. The van der Waals surface area contributed by atoms with Crippen molar-refractivity contribution in [2.24, 2.45) is 10.9 Å². The molecular formula is C24H27N3O6. The molecule has 0 aromatic heterocycles. The molecule has 0 radical (unpaired) electrons. The predicted octanol–water partition coefficient (Wildman–Crippen LogP) is 2.56. The van der Waals surface area contributed by atoms with Crippen LogP contribution >= 0.6 is 0 Å².